The summed E-state index contributed by atoms with van der Waals surface area (Å²) in [6.07, 6.45) is 4.08. The topological polar surface area (TPSA) is 129 Å². The third kappa shape index (κ3) is 6.87. The van der Waals surface area contributed by atoms with Crippen LogP contribution in [0.15, 0.2) is 36.5 Å². The summed E-state index contributed by atoms with van der Waals surface area (Å²) < 4.78 is 22.2. The number of carboxylic acid groups (broad SMARTS) is 1. The number of nitrogens with zero attached hydrogens (tertiary/aromatic N) is 7. The van der Waals surface area contributed by atoms with Crippen LogP contribution >= 0.6 is 0 Å². The molecule has 0 unspecified atom stereocenters. The van der Waals surface area contributed by atoms with Crippen molar-refractivity contribution in [3.63, 3.8) is 0 Å². The maximum absolute atomic E-state index is 12.7. The van der Waals surface area contributed by atoms with Crippen LogP contribution in [0.5, 0.6) is 0 Å². The predicted octanol–water partition coefficient (Wildman–Crippen LogP) is 4.97. The Kier molecular flexibility index (Phi) is 8.64. The lowest BCUT2D eigenvalue weighted by atomic mass is 9.92. The molecule has 12 heteroatoms. The van der Waals surface area contributed by atoms with Gasteiger partial charge in [-0.05, 0) is 65.9 Å². The van der Waals surface area contributed by atoms with Gasteiger partial charge in [-0.3, -0.25) is 0 Å². The van der Waals surface area contributed by atoms with Crippen LogP contribution in [-0.2, 0) is 32.2 Å². The Morgan fingerprint density at radius 2 is 1.89 bits per heavy atom. The van der Waals surface area contributed by atoms with Crippen LogP contribution in [0.25, 0.3) is 16.9 Å². The maximum Gasteiger partial charge on any atom is 0.337 e. The van der Waals surface area contributed by atoms with Crippen LogP contribution in [0.3, 0.4) is 0 Å². The average molecular weight is 618 g/mol. The van der Waals surface area contributed by atoms with Gasteiger partial charge in [0.2, 0.25) is 0 Å². The van der Waals surface area contributed by atoms with E-state index in [9.17, 15) is 9.90 Å². The molecule has 3 aromatic heterocycles. The second kappa shape index (κ2) is 12.5. The Bertz CT molecular complexity index is 1670. The Morgan fingerprint density at radius 1 is 1.13 bits per heavy atom. The molecule has 4 aromatic rings. The van der Waals surface area contributed by atoms with Crippen molar-refractivity contribution in [3.8, 4) is 11.3 Å². The van der Waals surface area contributed by atoms with E-state index in [1.165, 1.54) is 0 Å². The second-order valence-electron chi connectivity index (χ2n) is 13.3. The molecule has 240 valence electrons. The van der Waals surface area contributed by atoms with Gasteiger partial charge in [-0.25, -0.2) is 14.5 Å². The Labute approximate surface area is 263 Å². The molecule has 12 nitrogen and oxygen atoms in total. The number of piperidine rings is 1. The number of benzene rings is 1. The van der Waals surface area contributed by atoms with E-state index in [2.05, 4.69) is 28.2 Å². The fraction of sp³-hybridized carbons (Fsp3) is 0.545. The van der Waals surface area contributed by atoms with E-state index in [0.29, 0.717) is 62.2 Å². The maximum atomic E-state index is 12.7. The zero-order valence-corrected chi connectivity index (χ0v) is 26.8. The van der Waals surface area contributed by atoms with Crippen LogP contribution in [0.4, 0.5) is 5.82 Å². The van der Waals surface area contributed by atoms with Crippen molar-refractivity contribution < 1.29 is 24.1 Å². The molecule has 45 heavy (non-hydrogen) atoms. The summed E-state index contributed by atoms with van der Waals surface area (Å²) in [5.41, 5.74) is 4.31. The van der Waals surface area contributed by atoms with Gasteiger partial charge in [-0.1, -0.05) is 29.5 Å². The smallest absolute Gasteiger partial charge is 0.337 e. The lowest BCUT2D eigenvalue weighted by molar-refractivity contribution is -0.160. The van der Waals surface area contributed by atoms with Crippen LogP contribution < -0.4 is 4.90 Å². The number of carbonyl (C=O) groups is 1. The SMILES string of the molecule is Cc1nc2cc3nn2c(c1[C@H](OC(C)(C)C)C(=O)O)N1CCC(C)(CC1)OCCCCOCc1ccccc1-c1cn(nn1)C3. The molecule has 3 aliphatic rings. The number of aryl methyl sites for hydroxylation is 1. The number of hydrogen-bond donors (Lipinski definition) is 1. The molecular formula is C33H43N7O5. The van der Waals surface area contributed by atoms with E-state index < -0.39 is 17.7 Å². The van der Waals surface area contributed by atoms with Crippen LogP contribution in [0.2, 0.25) is 0 Å². The molecule has 1 atom stereocenters. The molecule has 6 heterocycles. The summed E-state index contributed by atoms with van der Waals surface area (Å²) >= 11 is 0. The van der Waals surface area contributed by atoms with Gasteiger partial charge in [-0.15, -0.1) is 5.10 Å². The van der Waals surface area contributed by atoms with Crippen molar-refractivity contribution in [1.29, 1.82) is 0 Å². The number of hydrogen-bond acceptors (Lipinski definition) is 9. The Hall–Kier alpha value is -3.87. The van der Waals surface area contributed by atoms with E-state index in [1.54, 1.807) is 9.20 Å². The first kappa shape index (κ1) is 31.1. The molecule has 1 N–H and O–H groups in total. The van der Waals surface area contributed by atoms with E-state index >= 15 is 0 Å². The van der Waals surface area contributed by atoms with Gasteiger partial charge in [0, 0.05) is 43.6 Å². The van der Waals surface area contributed by atoms with Gasteiger partial charge >= 0.3 is 5.97 Å². The molecule has 0 amide bonds. The van der Waals surface area contributed by atoms with Gasteiger partial charge in [0.1, 0.15) is 11.5 Å². The zero-order chi connectivity index (χ0) is 31.8. The molecule has 0 aliphatic carbocycles. The Balaban J connectivity index is 1.44. The number of aliphatic carboxylic acids is 1. The van der Waals surface area contributed by atoms with Crippen molar-refractivity contribution in [2.24, 2.45) is 0 Å². The first-order chi connectivity index (χ1) is 21.5. The van der Waals surface area contributed by atoms with Gasteiger partial charge in [0.05, 0.1) is 41.8 Å². The fourth-order valence-electron chi connectivity index (χ4n) is 6.14. The Morgan fingerprint density at radius 3 is 2.64 bits per heavy atom. The van der Waals surface area contributed by atoms with E-state index in [0.717, 1.165) is 48.2 Å². The fourth-order valence-corrected chi connectivity index (χ4v) is 6.14. The average Bonchev–Trinajstić information content (AvgIpc) is 3.61. The molecule has 6 bridgehead atoms. The van der Waals surface area contributed by atoms with E-state index in [1.807, 2.05) is 58.2 Å². The first-order valence-electron chi connectivity index (χ1n) is 15.7. The summed E-state index contributed by atoms with van der Waals surface area (Å²) in [5.74, 6) is -0.372. The molecule has 7 rings (SSSR count). The quantitative estimate of drug-likeness (QED) is 0.336. The molecular weight excluding hydrogens is 574 g/mol. The number of anilines is 1. The van der Waals surface area contributed by atoms with Crippen molar-refractivity contribution in [2.75, 3.05) is 31.2 Å². The van der Waals surface area contributed by atoms with Gasteiger partial charge in [0.15, 0.2) is 11.8 Å². The molecule has 0 spiro atoms. The number of carboxylic acids is 1. The molecule has 1 aromatic carbocycles. The van der Waals surface area contributed by atoms with Gasteiger partial charge in [-0.2, -0.15) is 9.61 Å². The molecule has 1 saturated heterocycles. The highest BCUT2D eigenvalue weighted by molar-refractivity contribution is 5.78. The monoisotopic (exact) mass is 617 g/mol. The van der Waals surface area contributed by atoms with Crippen molar-refractivity contribution >= 4 is 17.4 Å². The summed E-state index contributed by atoms with van der Waals surface area (Å²) in [7, 11) is 0. The van der Waals surface area contributed by atoms with Gasteiger partial charge < -0.3 is 24.2 Å². The lowest BCUT2D eigenvalue weighted by Gasteiger charge is -2.41. The highest BCUT2D eigenvalue weighted by atomic mass is 16.5. The minimum absolute atomic E-state index is 0.273. The molecule has 1 fully saturated rings. The summed E-state index contributed by atoms with van der Waals surface area (Å²) in [6.45, 7) is 13.1. The van der Waals surface area contributed by atoms with Crippen LogP contribution in [0.1, 0.15) is 82.0 Å². The van der Waals surface area contributed by atoms with Gasteiger partial charge in [0.25, 0.3) is 0 Å². The number of ether oxygens (including phenoxy) is 3. The predicted molar refractivity (Wildman–Crippen MR) is 168 cm³/mol. The third-order valence-corrected chi connectivity index (χ3v) is 8.48. The van der Waals surface area contributed by atoms with Crippen molar-refractivity contribution in [2.45, 2.75) is 90.8 Å². The zero-order valence-electron chi connectivity index (χ0n) is 26.8. The number of aromatic nitrogens is 6. The van der Waals surface area contributed by atoms with Crippen molar-refractivity contribution in [3.05, 3.63) is 59.0 Å². The highest BCUT2D eigenvalue weighted by Gasteiger charge is 2.37. The summed E-state index contributed by atoms with van der Waals surface area (Å²) in [5, 5.41) is 24.2. The van der Waals surface area contributed by atoms with Crippen molar-refractivity contribution in [1.82, 2.24) is 29.6 Å². The van der Waals surface area contributed by atoms with Crippen LogP contribution in [-0.4, -0.2) is 78.2 Å². The highest BCUT2D eigenvalue weighted by Crippen LogP contribution is 2.38. The number of rotatable bonds is 3. The first-order valence-corrected chi connectivity index (χ1v) is 15.7. The van der Waals surface area contributed by atoms with E-state index in [-0.39, 0.29) is 5.60 Å². The summed E-state index contributed by atoms with van der Waals surface area (Å²) in [4.78, 5) is 19.8. The largest absolute Gasteiger partial charge is 0.479 e. The third-order valence-electron chi connectivity index (χ3n) is 8.48. The normalized spacial score (nSPS) is 18.5. The number of fused-ring (bicyclic) bond motifs is 8. The molecule has 0 saturated carbocycles. The minimum Gasteiger partial charge on any atom is -0.479 e. The summed E-state index contributed by atoms with van der Waals surface area (Å²) in [6, 6.07) is 10.0. The second-order valence-corrected chi connectivity index (χ2v) is 13.3. The van der Waals surface area contributed by atoms with E-state index in [4.69, 9.17) is 24.3 Å². The molecule has 0 radical (unpaired) electrons. The minimum atomic E-state index is -1.22. The standard InChI is InChI=1S/C33H43N7O5/c1-22-28(29(31(41)42)45-32(2,3)4)30-38-14-12-33(5,13-15-38)44-17-9-8-16-43-21-23-10-6-7-11-25(23)26-20-39(37-35-26)19-24-18-27(34-22)40(30)36-24/h6-7,10-11,18,20,29H,8-9,12-17,19,21H2,1-5H3,(H,41,42)/t29-/m0/s1. The van der Waals surface area contributed by atoms with Crippen LogP contribution in [0, 0.1) is 6.92 Å². The molecule has 3 aliphatic heterocycles. The lowest BCUT2D eigenvalue weighted by Crippen LogP contribution is -2.46.